The molecule has 0 bridgehead atoms. The zero-order valence-corrected chi connectivity index (χ0v) is 21.8. The van der Waals surface area contributed by atoms with Gasteiger partial charge in [0.2, 0.25) is 0 Å². The van der Waals surface area contributed by atoms with Crippen molar-refractivity contribution in [1.29, 1.82) is 0 Å². The van der Waals surface area contributed by atoms with Gasteiger partial charge in [-0.3, -0.25) is 9.89 Å². The van der Waals surface area contributed by atoms with E-state index in [2.05, 4.69) is 59.5 Å². The maximum Gasteiger partial charge on any atom is 0.191 e. The zero-order valence-electron chi connectivity index (χ0n) is 18.7. The minimum atomic E-state index is 0. The van der Waals surface area contributed by atoms with E-state index in [1.54, 1.807) is 0 Å². The van der Waals surface area contributed by atoms with Crippen LogP contribution in [0.4, 0.5) is 0 Å². The predicted molar refractivity (Wildman–Crippen MR) is 139 cm³/mol. The number of rotatable bonds is 7. The number of halogens is 2. The highest BCUT2D eigenvalue weighted by Gasteiger charge is 2.30. The van der Waals surface area contributed by atoms with Crippen LogP contribution in [0.15, 0.2) is 29.3 Å². The molecule has 1 aromatic rings. The lowest BCUT2D eigenvalue weighted by Gasteiger charge is -2.40. The van der Waals surface area contributed by atoms with Crippen LogP contribution in [-0.4, -0.2) is 68.6 Å². The SMILES string of the molecule is CCNC(=NCC1CCN(CC)C1)NCC1CCCN(C)C1c1cccc(Cl)c1.I. The van der Waals surface area contributed by atoms with Gasteiger partial charge in [0.25, 0.3) is 0 Å². The summed E-state index contributed by atoms with van der Waals surface area (Å²) in [6.07, 6.45) is 3.73. The molecule has 3 rings (SSSR count). The Morgan fingerprint density at radius 3 is 2.73 bits per heavy atom. The van der Waals surface area contributed by atoms with Gasteiger partial charge in [0.05, 0.1) is 0 Å². The second kappa shape index (κ2) is 13.1. The van der Waals surface area contributed by atoms with Gasteiger partial charge in [-0.2, -0.15) is 0 Å². The van der Waals surface area contributed by atoms with Crippen LogP contribution < -0.4 is 10.6 Å². The quantitative estimate of drug-likeness (QED) is 0.305. The molecule has 0 radical (unpaired) electrons. The van der Waals surface area contributed by atoms with Crippen molar-refractivity contribution in [2.24, 2.45) is 16.8 Å². The summed E-state index contributed by atoms with van der Waals surface area (Å²) >= 11 is 6.29. The second-order valence-electron chi connectivity index (χ2n) is 8.53. The van der Waals surface area contributed by atoms with E-state index < -0.39 is 0 Å². The molecule has 1 aromatic carbocycles. The zero-order chi connectivity index (χ0) is 20.6. The molecule has 2 saturated heterocycles. The summed E-state index contributed by atoms with van der Waals surface area (Å²) in [5, 5.41) is 7.90. The van der Waals surface area contributed by atoms with Crippen LogP contribution in [0.25, 0.3) is 0 Å². The van der Waals surface area contributed by atoms with Crippen LogP contribution in [0.3, 0.4) is 0 Å². The number of nitrogens with zero attached hydrogens (tertiary/aromatic N) is 3. The lowest BCUT2D eigenvalue weighted by atomic mass is 9.85. The van der Waals surface area contributed by atoms with E-state index in [4.69, 9.17) is 16.6 Å². The highest BCUT2D eigenvalue weighted by molar-refractivity contribution is 14.0. The van der Waals surface area contributed by atoms with E-state index in [9.17, 15) is 0 Å². The van der Waals surface area contributed by atoms with E-state index in [0.717, 1.165) is 43.7 Å². The monoisotopic (exact) mass is 547 g/mol. The van der Waals surface area contributed by atoms with Gasteiger partial charge >= 0.3 is 0 Å². The summed E-state index contributed by atoms with van der Waals surface area (Å²) < 4.78 is 0. The molecule has 2 N–H and O–H groups in total. The number of guanidine groups is 1. The van der Waals surface area contributed by atoms with Crippen LogP contribution in [0.2, 0.25) is 5.02 Å². The number of nitrogens with one attached hydrogen (secondary N) is 2. The van der Waals surface area contributed by atoms with Crippen LogP contribution in [0.5, 0.6) is 0 Å². The normalized spacial score (nSPS) is 25.7. The number of aliphatic imine (C=N–C) groups is 1. The molecule has 3 unspecified atom stereocenters. The molecule has 0 amide bonds. The minimum absolute atomic E-state index is 0. The predicted octanol–water partition coefficient (Wildman–Crippen LogP) is 4.24. The molecule has 0 aromatic heterocycles. The molecule has 7 heteroatoms. The Hall–Kier alpha value is -0.570. The van der Waals surface area contributed by atoms with Crippen LogP contribution in [0, 0.1) is 11.8 Å². The molecule has 3 atom stereocenters. The highest BCUT2D eigenvalue weighted by atomic mass is 127. The fraction of sp³-hybridized carbons (Fsp3) is 0.696. The lowest BCUT2D eigenvalue weighted by Crippen LogP contribution is -2.45. The number of piperidine rings is 1. The third-order valence-electron chi connectivity index (χ3n) is 6.40. The molecule has 2 aliphatic heterocycles. The number of benzene rings is 1. The first-order chi connectivity index (χ1) is 14.1. The van der Waals surface area contributed by atoms with Gasteiger partial charge in [-0.15, -0.1) is 24.0 Å². The fourth-order valence-corrected chi connectivity index (χ4v) is 5.03. The largest absolute Gasteiger partial charge is 0.357 e. The van der Waals surface area contributed by atoms with Crippen molar-refractivity contribution in [3.63, 3.8) is 0 Å². The molecular formula is C23H39ClIN5. The summed E-state index contributed by atoms with van der Waals surface area (Å²) in [5.41, 5.74) is 1.32. The third-order valence-corrected chi connectivity index (χ3v) is 6.63. The van der Waals surface area contributed by atoms with Crippen molar-refractivity contribution >= 4 is 41.5 Å². The average molecular weight is 548 g/mol. The van der Waals surface area contributed by atoms with E-state index in [0.29, 0.717) is 17.9 Å². The van der Waals surface area contributed by atoms with Gasteiger partial charge in [-0.1, -0.05) is 30.7 Å². The summed E-state index contributed by atoms with van der Waals surface area (Å²) in [6.45, 7) is 11.8. The first-order valence-corrected chi connectivity index (χ1v) is 11.7. The maximum atomic E-state index is 6.29. The summed E-state index contributed by atoms with van der Waals surface area (Å²) in [5.74, 6) is 2.18. The number of hydrogen-bond donors (Lipinski definition) is 2. The second-order valence-corrected chi connectivity index (χ2v) is 8.97. The Morgan fingerprint density at radius 2 is 2.03 bits per heavy atom. The van der Waals surface area contributed by atoms with Crippen LogP contribution in [0.1, 0.15) is 44.7 Å². The molecule has 30 heavy (non-hydrogen) atoms. The van der Waals surface area contributed by atoms with E-state index in [1.165, 1.54) is 37.9 Å². The minimum Gasteiger partial charge on any atom is -0.357 e. The van der Waals surface area contributed by atoms with E-state index >= 15 is 0 Å². The van der Waals surface area contributed by atoms with Gasteiger partial charge in [0, 0.05) is 37.2 Å². The first kappa shape index (κ1) is 25.7. The molecular weight excluding hydrogens is 509 g/mol. The van der Waals surface area contributed by atoms with Gasteiger partial charge < -0.3 is 15.5 Å². The van der Waals surface area contributed by atoms with Crippen molar-refractivity contribution in [2.75, 3.05) is 52.9 Å². The molecule has 0 saturated carbocycles. The Balaban J connectivity index is 0.00000320. The van der Waals surface area contributed by atoms with Crippen LogP contribution >= 0.6 is 35.6 Å². The summed E-state index contributed by atoms with van der Waals surface area (Å²) in [4.78, 5) is 9.91. The summed E-state index contributed by atoms with van der Waals surface area (Å²) in [6, 6.07) is 8.76. The fourth-order valence-electron chi connectivity index (χ4n) is 4.83. The molecule has 2 aliphatic rings. The van der Waals surface area contributed by atoms with Gasteiger partial charge in [0.1, 0.15) is 0 Å². The standard InChI is InChI=1S/C23H38ClN5.HI/c1-4-25-23(26-15-18-11-13-29(5-2)17-18)27-16-20-9-7-12-28(3)22(20)19-8-6-10-21(24)14-19;/h6,8,10,14,18,20,22H,4-5,7,9,11-13,15-17H2,1-3H3,(H2,25,26,27);1H. The van der Waals surface area contributed by atoms with Crippen molar-refractivity contribution in [1.82, 2.24) is 20.4 Å². The van der Waals surface area contributed by atoms with Crippen molar-refractivity contribution in [3.8, 4) is 0 Å². The van der Waals surface area contributed by atoms with Gasteiger partial charge in [-0.05, 0) is 82.4 Å². The van der Waals surface area contributed by atoms with Crippen molar-refractivity contribution in [2.45, 2.75) is 39.2 Å². The maximum absolute atomic E-state index is 6.29. The Labute approximate surface area is 205 Å². The number of hydrogen-bond acceptors (Lipinski definition) is 3. The molecule has 170 valence electrons. The van der Waals surface area contributed by atoms with Gasteiger partial charge in [0.15, 0.2) is 5.96 Å². The highest BCUT2D eigenvalue weighted by Crippen LogP contribution is 2.35. The Morgan fingerprint density at radius 1 is 1.20 bits per heavy atom. The van der Waals surface area contributed by atoms with Crippen LogP contribution in [-0.2, 0) is 0 Å². The topological polar surface area (TPSA) is 42.9 Å². The van der Waals surface area contributed by atoms with Crippen molar-refractivity contribution in [3.05, 3.63) is 34.9 Å². The Kier molecular flexibility index (Phi) is 11.2. The molecule has 2 fully saturated rings. The first-order valence-electron chi connectivity index (χ1n) is 11.3. The number of likely N-dealkylation sites (tertiary alicyclic amines) is 2. The van der Waals surface area contributed by atoms with Crippen molar-refractivity contribution < 1.29 is 0 Å². The van der Waals surface area contributed by atoms with E-state index in [-0.39, 0.29) is 24.0 Å². The molecule has 0 aliphatic carbocycles. The molecule has 0 spiro atoms. The average Bonchev–Trinajstić information content (AvgIpc) is 3.18. The summed E-state index contributed by atoms with van der Waals surface area (Å²) in [7, 11) is 2.23. The lowest BCUT2D eigenvalue weighted by molar-refractivity contribution is 0.122. The molecule has 5 nitrogen and oxygen atoms in total. The van der Waals surface area contributed by atoms with E-state index in [1.807, 2.05) is 6.07 Å². The smallest absolute Gasteiger partial charge is 0.191 e. The Bertz CT molecular complexity index is 671. The molecule has 2 heterocycles. The third kappa shape index (κ3) is 7.24. The van der Waals surface area contributed by atoms with Gasteiger partial charge in [-0.25, -0.2) is 0 Å².